The average Bonchev–Trinajstić information content (AvgIpc) is 2.66. The fraction of sp³-hybridized carbons (Fsp3) is 0.429. The minimum absolute atomic E-state index is 0.0461. The molecule has 0 aliphatic carbocycles. The van der Waals surface area contributed by atoms with Gasteiger partial charge in [0.1, 0.15) is 5.82 Å². The van der Waals surface area contributed by atoms with E-state index in [1.54, 1.807) is 19.4 Å². The normalized spacial score (nSPS) is 13.9. The number of aromatic nitrogens is 2. The molecule has 0 aromatic carbocycles. The van der Waals surface area contributed by atoms with Gasteiger partial charge in [0.15, 0.2) is 0 Å². The summed E-state index contributed by atoms with van der Waals surface area (Å²) in [6.07, 6.45) is 3.47. The Bertz CT molecular complexity index is 265. The van der Waals surface area contributed by atoms with Gasteiger partial charge in [-0.1, -0.05) is 0 Å². The maximum Gasteiger partial charge on any atom is 0.206 e. The van der Waals surface area contributed by atoms with Crippen LogP contribution in [0.4, 0.5) is 0 Å². The van der Waals surface area contributed by atoms with Crippen LogP contribution in [0.15, 0.2) is 17.4 Å². The Hall–Kier alpha value is -1.56. The summed E-state index contributed by atoms with van der Waals surface area (Å²) < 4.78 is 0. The van der Waals surface area contributed by atoms with Gasteiger partial charge in [0.25, 0.3) is 0 Å². The molecule has 1 aromatic rings. The number of nitrogens with zero attached hydrogens (tertiary/aromatic N) is 2. The zero-order valence-electron chi connectivity index (χ0n) is 7.70. The number of hydrogen-bond acceptors (Lipinski definition) is 3. The van der Waals surface area contributed by atoms with Crippen molar-refractivity contribution in [1.29, 1.82) is 0 Å². The predicted octanol–water partition coefficient (Wildman–Crippen LogP) is -0.491. The number of guanidine groups is 1. The summed E-state index contributed by atoms with van der Waals surface area (Å²) >= 11 is 0. The highest BCUT2D eigenvalue weighted by Crippen LogP contribution is 2.03. The SMILES string of the molecule is CN=C(NN)NC(C)c1ncc[nH]1. The van der Waals surface area contributed by atoms with E-state index in [0.717, 1.165) is 5.82 Å². The molecule has 1 heterocycles. The number of imidazole rings is 1. The quantitative estimate of drug-likeness (QED) is 0.215. The van der Waals surface area contributed by atoms with Gasteiger partial charge >= 0.3 is 0 Å². The van der Waals surface area contributed by atoms with Gasteiger partial charge in [-0.3, -0.25) is 10.4 Å². The van der Waals surface area contributed by atoms with Crippen molar-refractivity contribution in [3.63, 3.8) is 0 Å². The summed E-state index contributed by atoms with van der Waals surface area (Å²) in [5.74, 6) is 6.59. The van der Waals surface area contributed by atoms with Crippen LogP contribution >= 0.6 is 0 Å². The van der Waals surface area contributed by atoms with Gasteiger partial charge < -0.3 is 10.3 Å². The molecule has 0 bridgehead atoms. The number of H-pyrrole nitrogens is 1. The number of nitrogens with one attached hydrogen (secondary N) is 3. The second kappa shape index (κ2) is 4.46. The maximum atomic E-state index is 5.21. The third kappa shape index (κ3) is 2.45. The molecule has 0 radical (unpaired) electrons. The molecule has 1 unspecified atom stereocenters. The Balaban J connectivity index is 2.55. The van der Waals surface area contributed by atoms with Gasteiger partial charge in [-0.15, -0.1) is 0 Å². The monoisotopic (exact) mass is 182 g/mol. The molecule has 1 atom stereocenters. The number of nitrogens with two attached hydrogens (primary N) is 1. The van der Waals surface area contributed by atoms with Crippen molar-refractivity contribution in [3.8, 4) is 0 Å². The summed E-state index contributed by atoms with van der Waals surface area (Å²) in [6, 6.07) is 0.0461. The van der Waals surface area contributed by atoms with Gasteiger partial charge in [0.2, 0.25) is 5.96 Å². The minimum atomic E-state index is 0.0461. The van der Waals surface area contributed by atoms with Crippen LogP contribution in [-0.2, 0) is 0 Å². The Morgan fingerprint density at radius 2 is 2.54 bits per heavy atom. The van der Waals surface area contributed by atoms with Crippen molar-refractivity contribution >= 4 is 5.96 Å². The lowest BCUT2D eigenvalue weighted by Crippen LogP contribution is -2.42. The highest BCUT2D eigenvalue weighted by atomic mass is 15.3. The molecular weight excluding hydrogens is 168 g/mol. The van der Waals surface area contributed by atoms with Crippen LogP contribution in [0.5, 0.6) is 0 Å². The van der Waals surface area contributed by atoms with Crippen molar-refractivity contribution in [2.24, 2.45) is 10.8 Å². The van der Waals surface area contributed by atoms with Gasteiger partial charge in [-0.05, 0) is 6.92 Å². The molecule has 6 nitrogen and oxygen atoms in total. The first-order valence-electron chi connectivity index (χ1n) is 3.97. The first-order chi connectivity index (χ1) is 6.27. The zero-order chi connectivity index (χ0) is 9.68. The van der Waals surface area contributed by atoms with E-state index in [9.17, 15) is 0 Å². The van der Waals surface area contributed by atoms with Crippen LogP contribution in [0.2, 0.25) is 0 Å². The van der Waals surface area contributed by atoms with Crippen molar-refractivity contribution < 1.29 is 0 Å². The summed E-state index contributed by atoms with van der Waals surface area (Å²) in [5.41, 5.74) is 2.44. The number of hydrazine groups is 1. The van der Waals surface area contributed by atoms with E-state index < -0.39 is 0 Å². The maximum absolute atomic E-state index is 5.21. The molecule has 0 aliphatic heterocycles. The van der Waals surface area contributed by atoms with E-state index >= 15 is 0 Å². The van der Waals surface area contributed by atoms with Crippen LogP contribution in [0.3, 0.4) is 0 Å². The molecule has 0 amide bonds. The van der Waals surface area contributed by atoms with Crippen molar-refractivity contribution in [2.45, 2.75) is 13.0 Å². The second-order valence-corrected chi connectivity index (χ2v) is 2.56. The Labute approximate surface area is 76.6 Å². The molecular formula is C7H14N6. The highest BCUT2D eigenvalue weighted by molar-refractivity contribution is 5.79. The van der Waals surface area contributed by atoms with Crippen LogP contribution < -0.4 is 16.6 Å². The van der Waals surface area contributed by atoms with Crippen LogP contribution in [-0.4, -0.2) is 23.0 Å². The number of rotatable bonds is 2. The van der Waals surface area contributed by atoms with E-state index in [1.807, 2.05) is 6.92 Å². The first-order valence-corrected chi connectivity index (χ1v) is 3.97. The van der Waals surface area contributed by atoms with Crippen LogP contribution in [0, 0.1) is 0 Å². The number of aromatic amines is 1. The first kappa shape index (κ1) is 9.53. The van der Waals surface area contributed by atoms with Gasteiger partial charge in [-0.25, -0.2) is 10.8 Å². The predicted molar refractivity (Wildman–Crippen MR) is 50.8 cm³/mol. The fourth-order valence-corrected chi connectivity index (χ4v) is 0.958. The lowest BCUT2D eigenvalue weighted by atomic mass is 10.3. The molecule has 1 aromatic heterocycles. The highest BCUT2D eigenvalue weighted by Gasteiger charge is 2.07. The Kier molecular flexibility index (Phi) is 3.27. The smallest absolute Gasteiger partial charge is 0.206 e. The van der Waals surface area contributed by atoms with E-state index in [-0.39, 0.29) is 6.04 Å². The largest absolute Gasteiger partial charge is 0.347 e. The van der Waals surface area contributed by atoms with Crippen LogP contribution in [0.1, 0.15) is 18.8 Å². The topological polar surface area (TPSA) is 91.1 Å². The average molecular weight is 182 g/mol. The minimum Gasteiger partial charge on any atom is -0.347 e. The molecule has 13 heavy (non-hydrogen) atoms. The van der Waals surface area contributed by atoms with E-state index in [0.29, 0.717) is 5.96 Å². The van der Waals surface area contributed by atoms with Gasteiger partial charge in [0, 0.05) is 19.4 Å². The third-order valence-electron chi connectivity index (χ3n) is 1.64. The number of hydrogen-bond donors (Lipinski definition) is 4. The second-order valence-electron chi connectivity index (χ2n) is 2.56. The lowest BCUT2D eigenvalue weighted by Gasteiger charge is -2.13. The molecule has 0 saturated carbocycles. The van der Waals surface area contributed by atoms with E-state index in [1.165, 1.54) is 0 Å². The Morgan fingerprint density at radius 3 is 3.00 bits per heavy atom. The molecule has 0 spiro atoms. The lowest BCUT2D eigenvalue weighted by molar-refractivity contribution is 0.654. The van der Waals surface area contributed by atoms with Gasteiger partial charge in [0.05, 0.1) is 6.04 Å². The van der Waals surface area contributed by atoms with Crippen molar-refractivity contribution in [2.75, 3.05) is 7.05 Å². The zero-order valence-corrected chi connectivity index (χ0v) is 7.70. The van der Waals surface area contributed by atoms with Crippen LogP contribution in [0.25, 0.3) is 0 Å². The molecule has 1 rings (SSSR count). The number of aliphatic imine (C=N–C) groups is 1. The third-order valence-corrected chi connectivity index (χ3v) is 1.64. The van der Waals surface area contributed by atoms with E-state index in [2.05, 4.69) is 25.7 Å². The molecule has 0 aliphatic rings. The van der Waals surface area contributed by atoms with Crippen molar-refractivity contribution in [3.05, 3.63) is 18.2 Å². The molecule has 6 heteroatoms. The fourth-order valence-electron chi connectivity index (χ4n) is 0.958. The summed E-state index contributed by atoms with van der Waals surface area (Å²) in [4.78, 5) is 11.0. The summed E-state index contributed by atoms with van der Waals surface area (Å²) in [5, 5.41) is 3.04. The van der Waals surface area contributed by atoms with Gasteiger partial charge in [-0.2, -0.15) is 0 Å². The summed E-state index contributed by atoms with van der Waals surface area (Å²) in [7, 11) is 1.65. The molecule has 0 saturated heterocycles. The molecule has 0 fully saturated rings. The molecule has 72 valence electrons. The summed E-state index contributed by atoms with van der Waals surface area (Å²) in [6.45, 7) is 1.96. The Morgan fingerprint density at radius 1 is 1.77 bits per heavy atom. The standard InChI is InChI=1S/C7H14N6/c1-5(6-10-3-4-11-6)12-7(9-2)13-8/h3-5H,8H2,1-2H3,(H,10,11)(H2,9,12,13). The van der Waals surface area contributed by atoms with E-state index in [4.69, 9.17) is 5.84 Å². The molecule has 5 N–H and O–H groups in total. The van der Waals surface area contributed by atoms with Crippen molar-refractivity contribution in [1.82, 2.24) is 20.7 Å².